The Bertz CT molecular complexity index is 889. The fourth-order valence-electron chi connectivity index (χ4n) is 3.70. The second-order valence-electron chi connectivity index (χ2n) is 7.33. The molecular weight excluding hydrogens is 374 g/mol. The standard InChI is InChI=1S/C21H25N3O3S/c1-3-6-19-22-16(13-28-19)15-7-8-18-17(11-15)24(21(26)14(2)27-18)12-20(25)23-9-4-5-10-23/h7-8,11,13-14H,3-6,9-10,12H2,1-2H3. The van der Waals surface area contributed by atoms with Crippen LogP contribution in [-0.4, -0.2) is 47.4 Å². The van der Waals surface area contributed by atoms with Crippen molar-refractivity contribution in [3.05, 3.63) is 28.6 Å². The molecule has 0 bridgehead atoms. The summed E-state index contributed by atoms with van der Waals surface area (Å²) in [5.41, 5.74) is 2.48. The Hall–Kier alpha value is -2.41. The maximum atomic E-state index is 12.8. The number of aromatic nitrogens is 1. The third-order valence-electron chi connectivity index (χ3n) is 5.23. The zero-order valence-corrected chi connectivity index (χ0v) is 17.1. The minimum Gasteiger partial charge on any atom is -0.479 e. The van der Waals surface area contributed by atoms with E-state index in [1.165, 1.54) is 0 Å². The Kier molecular flexibility index (Phi) is 5.35. The number of carbonyl (C=O) groups is 2. The third kappa shape index (κ3) is 3.63. The van der Waals surface area contributed by atoms with Crippen molar-refractivity contribution in [3.63, 3.8) is 0 Å². The molecule has 1 saturated heterocycles. The van der Waals surface area contributed by atoms with Crippen molar-refractivity contribution in [2.45, 2.75) is 45.6 Å². The number of hydrogen-bond donors (Lipinski definition) is 0. The molecule has 148 valence electrons. The summed E-state index contributed by atoms with van der Waals surface area (Å²) in [5, 5.41) is 3.15. The molecule has 0 aliphatic carbocycles. The average molecular weight is 400 g/mol. The third-order valence-corrected chi connectivity index (χ3v) is 6.14. The molecule has 1 aromatic heterocycles. The summed E-state index contributed by atoms with van der Waals surface area (Å²) in [4.78, 5) is 33.6. The summed E-state index contributed by atoms with van der Waals surface area (Å²) in [6.45, 7) is 5.47. The largest absolute Gasteiger partial charge is 0.479 e. The van der Waals surface area contributed by atoms with Crippen LogP contribution in [0.2, 0.25) is 0 Å². The van der Waals surface area contributed by atoms with Crippen LogP contribution in [0, 0.1) is 0 Å². The number of fused-ring (bicyclic) bond motifs is 1. The maximum Gasteiger partial charge on any atom is 0.268 e. The minimum atomic E-state index is -0.597. The number of nitrogens with zero attached hydrogens (tertiary/aromatic N) is 3. The second-order valence-corrected chi connectivity index (χ2v) is 8.27. The van der Waals surface area contributed by atoms with Crippen molar-refractivity contribution in [1.82, 2.24) is 9.88 Å². The maximum absolute atomic E-state index is 12.8. The highest BCUT2D eigenvalue weighted by atomic mass is 32.1. The number of thiazole rings is 1. The van der Waals surface area contributed by atoms with E-state index in [-0.39, 0.29) is 18.4 Å². The van der Waals surface area contributed by atoms with Gasteiger partial charge in [-0.25, -0.2) is 4.98 Å². The van der Waals surface area contributed by atoms with Crippen LogP contribution in [0.4, 0.5) is 5.69 Å². The van der Waals surface area contributed by atoms with E-state index in [4.69, 9.17) is 9.72 Å². The van der Waals surface area contributed by atoms with Gasteiger partial charge in [-0.15, -0.1) is 11.3 Å². The molecule has 1 aromatic carbocycles. The number of carbonyl (C=O) groups excluding carboxylic acids is 2. The van der Waals surface area contributed by atoms with Crippen molar-refractivity contribution < 1.29 is 14.3 Å². The van der Waals surface area contributed by atoms with Gasteiger partial charge in [-0.1, -0.05) is 6.92 Å². The van der Waals surface area contributed by atoms with Gasteiger partial charge in [-0.2, -0.15) is 0 Å². The van der Waals surface area contributed by atoms with Crippen molar-refractivity contribution in [1.29, 1.82) is 0 Å². The molecule has 1 fully saturated rings. The van der Waals surface area contributed by atoms with Crippen molar-refractivity contribution in [2.75, 3.05) is 24.5 Å². The van der Waals surface area contributed by atoms with Gasteiger partial charge in [-0.05, 0) is 50.8 Å². The summed E-state index contributed by atoms with van der Waals surface area (Å²) in [7, 11) is 0. The fourth-order valence-corrected chi connectivity index (χ4v) is 4.61. The zero-order valence-electron chi connectivity index (χ0n) is 16.3. The molecule has 28 heavy (non-hydrogen) atoms. The normalized spacial score (nSPS) is 18.9. The fraction of sp³-hybridized carbons (Fsp3) is 0.476. The van der Waals surface area contributed by atoms with E-state index in [0.717, 1.165) is 55.0 Å². The first kappa shape index (κ1) is 18.9. The zero-order chi connectivity index (χ0) is 19.7. The van der Waals surface area contributed by atoms with Crippen LogP contribution >= 0.6 is 11.3 Å². The summed E-state index contributed by atoms with van der Waals surface area (Å²) < 4.78 is 5.78. The van der Waals surface area contributed by atoms with Crippen LogP contribution in [-0.2, 0) is 16.0 Å². The molecule has 7 heteroatoms. The molecule has 3 heterocycles. The van der Waals surface area contributed by atoms with Crippen molar-refractivity contribution in [3.8, 4) is 17.0 Å². The quantitative estimate of drug-likeness (QED) is 0.772. The van der Waals surface area contributed by atoms with Gasteiger partial charge in [-0.3, -0.25) is 14.5 Å². The highest BCUT2D eigenvalue weighted by Crippen LogP contribution is 2.38. The van der Waals surface area contributed by atoms with E-state index in [9.17, 15) is 9.59 Å². The Labute approximate surface area is 169 Å². The van der Waals surface area contributed by atoms with Gasteiger partial charge >= 0.3 is 0 Å². The van der Waals surface area contributed by atoms with Crippen LogP contribution in [0.3, 0.4) is 0 Å². The van der Waals surface area contributed by atoms with Gasteiger partial charge in [0.25, 0.3) is 5.91 Å². The molecule has 2 aliphatic rings. The molecule has 1 atom stereocenters. The molecule has 0 spiro atoms. The van der Waals surface area contributed by atoms with E-state index >= 15 is 0 Å². The lowest BCUT2D eigenvalue weighted by Gasteiger charge is -2.33. The van der Waals surface area contributed by atoms with Crippen LogP contribution < -0.4 is 9.64 Å². The molecule has 6 nitrogen and oxygen atoms in total. The molecule has 0 radical (unpaired) electrons. The highest BCUT2D eigenvalue weighted by molar-refractivity contribution is 7.09. The Morgan fingerprint density at radius 1 is 1.32 bits per heavy atom. The van der Waals surface area contributed by atoms with Gasteiger partial charge in [0.15, 0.2) is 6.10 Å². The molecule has 2 aliphatic heterocycles. The molecule has 2 amide bonds. The summed E-state index contributed by atoms with van der Waals surface area (Å²) in [6, 6.07) is 5.76. The second kappa shape index (κ2) is 7.91. The molecule has 2 aromatic rings. The van der Waals surface area contributed by atoms with Crippen LogP contribution in [0.1, 0.15) is 38.1 Å². The monoisotopic (exact) mass is 399 g/mol. The van der Waals surface area contributed by atoms with Gasteiger partial charge < -0.3 is 9.64 Å². The van der Waals surface area contributed by atoms with Crippen LogP contribution in [0.25, 0.3) is 11.3 Å². The first-order valence-electron chi connectivity index (χ1n) is 9.91. The van der Waals surface area contributed by atoms with E-state index in [1.54, 1.807) is 23.2 Å². The summed E-state index contributed by atoms with van der Waals surface area (Å²) in [6.07, 6.45) is 3.49. The lowest BCUT2D eigenvalue weighted by molar-refractivity contribution is -0.132. The predicted molar refractivity (Wildman–Crippen MR) is 110 cm³/mol. The van der Waals surface area contributed by atoms with Gasteiger partial charge in [0.05, 0.1) is 16.4 Å². The van der Waals surface area contributed by atoms with Crippen LogP contribution in [0.15, 0.2) is 23.6 Å². The number of rotatable bonds is 5. The number of aryl methyl sites for hydroxylation is 1. The minimum absolute atomic E-state index is 0.00445. The van der Waals surface area contributed by atoms with Crippen molar-refractivity contribution in [2.24, 2.45) is 0 Å². The first-order chi connectivity index (χ1) is 13.6. The average Bonchev–Trinajstić information content (AvgIpc) is 3.37. The molecule has 0 saturated carbocycles. The molecule has 4 rings (SSSR count). The highest BCUT2D eigenvalue weighted by Gasteiger charge is 2.34. The van der Waals surface area contributed by atoms with Crippen LogP contribution in [0.5, 0.6) is 5.75 Å². The predicted octanol–water partition coefficient (Wildman–Crippen LogP) is 3.50. The lowest BCUT2D eigenvalue weighted by atomic mass is 10.1. The Morgan fingerprint density at radius 2 is 2.11 bits per heavy atom. The SMILES string of the molecule is CCCc1nc(-c2ccc3c(c2)N(CC(=O)N2CCCC2)C(=O)C(C)O3)cs1. The number of amides is 2. The number of anilines is 1. The van der Waals surface area contributed by atoms with Gasteiger partial charge in [0.1, 0.15) is 12.3 Å². The Balaban J connectivity index is 1.64. The van der Waals surface area contributed by atoms with Gasteiger partial charge in [0.2, 0.25) is 5.91 Å². The summed E-state index contributed by atoms with van der Waals surface area (Å²) >= 11 is 1.65. The Morgan fingerprint density at radius 3 is 2.86 bits per heavy atom. The molecule has 0 N–H and O–H groups in total. The molecular formula is C21H25N3O3S. The van der Waals surface area contributed by atoms with E-state index in [0.29, 0.717) is 11.4 Å². The van der Waals surface area contributed by atoms with E-state index in [2.05, 4.69) is 6.92 Å². The van der Waals surface area contributed by atoms with E-state index in [1.807, 2.05) is 28.5 Å². The first-order valence-corrected chi connectivity index (χ1v) is 10.8. The van der Waals surface area contributed by atoms with Crippen molar-refractivity contribution >= 4 is 28.8 Å². The molecule has 1 unspecified atom stereocenters. The summed E-state index contributed by atoms with van der Waals surface area (Å²) in [5.74, 6) is 0.450. The number of hydrogen-bond acceptors (Lipinski definition) is 5. The number of benzene rings is 1. The topological polar surface area (TPSA) is 62.7 Å². The van der Waals surface area contributed by atoms with Gasteiger partial charge in [0, 0.05) is 24.0 Å². The lowest BCUT2D eigenvalue weighted by Crippen LogP contribution is -2.49. The number of ether oxygens (including phenoxy) is 1. The number of likely N-dealkylation sites (tertiary alicyclic amines) is 1. The van der Waals surface area contributed by atoms with E-state index < -0.39 is 6.10 Å². The smallest absolute Gasteiger partial charge is 0.268 e.